The molecular weight excluding hydrogens is 264 g/mol. The van der Waals surface area contributed by atoms with E-state index in [9.17, 15) is 4.79 Å². The molecule has 0 aliphatic carbocycles. The first-order valence-electron chi connectivity index (χ1n) is 6.99. The minimum Gasteiger partial charge on any atom is -0.494 e. The molecule has 0 heterocycles. The van der Waals surface area contributed by atoms with Crippen LogP contribution in [0.3, 0.4) is 0 Å². The van der Waals surface area contributed by atoms with Crippen molar-refractivity contribution in [1.29, 1.82) is 0 Å². The first-order valence-corrected chi connectivity index (χ1v) is 6.99. The second kappa shape index (κ2) is 6.79. The van der Waals surface area contributed by atoms with Gasteiger partial charge in [0.2, 0.25) is 0 Å². The van der Waals surface area contributed by atoms with Crippen LogP contribution in [0, 0.1) is 0 Å². The monoisotopic (exact) mass is 284 g/mol. The summed E-state index contributed by atoms with van der Waals surface area (Å²) in [5.41, 5.74) is 8.00. The number of anilines is 1. The van der Waals surface area contributed by atoms with Crippen molar-refractivity contribution in [1.82, 2.24) is 5.32 Å². The van der Waals surface area contributed by atoms with Crippen molar-refractivity contribution in [2.45, 2.75) is 19.9 Å². The van der Waals surface area contributed by atoms with Crippen LogP contribution in [0.5, 0.6) is 5.75 Å². The van der Waals surface area contributed by atoms with Gasteiger partial charge in [-0.1, -0.05) is 12.1 Å². The number of nitrogens with one attached hydrogen (secondary N) is 1. The number of hydrogen-bond donors (Lipinski definition) is 2. The van der Waals surface area contributed by atoms with Gasteiger partial charge in [0.05, 0.1) is 12.6 Å². The molecule has 3 N–H and O–H groups in total. The van der Waals surface area contributed by atoms with E-state index in [4.69, 9.17) is 10.5 Å². The van der Waals surface area contributed by atoms with Crippen molar-refractivity contribution in [3.05, 3.63) is 59.7 Å². The number of carbonyl (C=O) groups is 1. The Morgan fingerprint density at radius 2 is 1.76 bits per heavy atom. The van der Waals surface area contributed by atoms with Crippen LogP contribution < -0.4 is 15.8 Å². The molecule has 0 fully saturated rings. The van der Waals surface area contributed by atoms with Crippen molar-refractivity contribution >= 4 is 11.6 Å². The van der Waals surface area contributed by atoms with Gasteiger partial charge in [0.1, 0.15) is 5.75 Å². The number of amides is 1. The van der Waals surface area contributed by atoms with Crippen molar-refractivity contribution in [2.24, 2.45) is 0 Å². The zero-order valence-corrected chi connectivity index (χ0v) is 12.3. The van der Waals surface area contributed by atoms with E-state index in [-0.39, 0.29) is 11.9 Å². The molecule has 110 valence electrons. The van der Waals surface area contributed by atoms with E-state index in [1.165, 1.54) is 0 Å². The largest absolute Gasteiger partial charge is 0.494 e. The van der Waals surface area contributed by atoms with E-state index in [1.54, 1.807) is 24.3 Å². The molecule has 0 spiro atoms. The van der Waals surface area contributed by atoms with Gasteiger partial charge in [-0.2, -0.15) is 0 Å². The Balaban J connectivity index is 2.01. The molecule has 2 rings (SSSR count). The Kier molecular flexibility index (Phi) is 4.82. The number of benzene rings is 2. The predicted molar refractivity (Wildman–Crippen MR) is 84.3 cm³/mol. The highest BCUT2D eigenvalue weighted by Gasteiger charge is 2.11. The van der Waals surface area contributed by atoms with Crippen LogP contribution in [0.15, 0.2) is 48.5 Å². The first-order chi connectivity index (χ1) is 10.1. The molecule has 0 saturated heterocycles. The summed E-state index contributed by atoms with van der Waals surface area (Å²) in [6.45, 7) is 4.48. The lowest BCUT2D eigenvalue weighted by Crippen LogP contribution is -2.26. The Labute approximate surface area is 124 Å². The van der Waals surface area contributed by atoms with Crippen molar-refractivity contribution < 1.29 is 9.53 Å². The molecule has 0 saturated carbocycles. The molecule has 0 aromatic heterocycles. The number of ether oxygens (including phenoxy) is 1. The smallest absolute Gasteiger partial charge is 0.251 e. The maximum Gasteiger partial charge on any atom is 0.251 e. The van der Waals surface area contributed by atoms with E-state index in [0.717, 1.165) is 11.3 Å². The third-order valence-corrected chi connectivity index (χ3v) is 3.21. The van der Waals surface area contributed by atoms with Gasteiger partial charge in [-0.15, -0.1) is 0 Å². The number of rotatable bonds is 5. The Hall–Kier alpha value is -2.49. The molecule has 0 aliphatic heterocycles. The lowest BCUT2D eigenvalue weighted by Gasteiger charge is -2.15. The van der Waals surface area contributed by atoms with Crippen molar-refractivity contribution in [3.8, 4) is 5.75 Å². The normalized spacial score (nSPS) is 11.7. The van der Waals surface area contributed by atoms with Crippen LogP contribution in [0.25, 0.3) is 0 Å². The fourth-order valence-corrected chi connectivity index (χ4v) is 2.02. The Bertz CT molecular complexity index is 591. The highest BCUT2D eigenvalue weighted by atomic mass is 16.5. The summed E-state index contributed by atoms with van der Waals surface area (Å²) >= 11 is 0. The van der Waals surface area contributed by atoms with Crippen LogP contribution in [0.1, 0.15) is 35.8 Å². The van der Waals surface area contributed by atoms with Crippen LogP contribution in [-0.2, 0) is 0 Å². The van der Waals surface area contributed by atoms with Gasteiger partial charge in [-0.05, 0) is 55.8 Å². The van der Waals surface area contributed by atoms with Gasteiger partial charge in [0.15, 0.2) is 0 Å². The van der Waals surface area contributed by atoms with Gasteiger partial charge in [0.25, 0.3) is 5.91 Å². The number of nitrogens with two attached hydrogens (primary N) is 1. The van der Waals surface area contributed by atoms with Gasteiger partial charge < -0.3 is 15.8 Å². The summed E-state index contributed by atoms with van der Waals surface area (Å²) in [4.78, 5) is 12.2. The van der Waals surface area contributed by atoms with Crippen molar-refractivity contribution in [3.63, 3.8) is 0 Å². The van der Waals surface area contributed by atoms with Crippen LogP contribution in [-0.4, -0.2) is 12.5 Å². The molecule has 1 atom stereocenters. The molecule has 1 amide bonds. The molecule has 4 heteroatoms. The predicted octanol–water partition coefficient (Wildman–Crippen LogP) is 3.16. The van der Waals surface area contributed by atoms with Gasteiger partial charge in [-0.25, -0.2) is 0 Å². The Morgan fingerprint density at radius 1 is 1.14 bits per heavy atom. The molecule has 2 aromatic carbocycles. The molecule has 0 radical (unpaired) electrons. The number of hydrogen-bond acceptors (Lipinski definition) is 3. The summed E-state index contributed by atoms with van der Waals surface area (Å²) in [7, 11) is 0. The number of nitrogen functional groups attached to an aromatic ring is 1. The average molecular weight is 284 g/mol. The molecule has 2 aromatic rings. The van der Waals surface area contributed by atoms with E-state index in [0.29, 0.717) is 17.9 Å². The van der Waals surface area contributed by atoms with Crippen LogP contribution >= 0.6 is 0 Å². The highest BCUT2D eigenvalue weighted by Crippen LogP contribution is 2.16. The molecule has 21 heavy (non-hydrogen) atoms. The molecule has 4 nitrogen and oxygen atoms in total. The second-order valence-corrected chi connectivity index (χ2v) is 4.82. The minimum absolute atomic E-state index is 0.0790. The zero-order chi connectivity index (χ0) is 15.2. The summed E-state index contributed by atoms with van der Waals surface area (Å²) in [6.07, 6.45) is 0. The van der Waals surface area contributed by atoms with Gasteiger partial charge in [-0.3, -0.25) is 4.79 Å². The maximum absolute atomic E-state index is 12.2. The molecule has 0 bridgehead atoms. The van der Waals surface area contributed by atoms with Gasteiger partial charge in [0, 0.05) is 11.3 Å². The minimum atomic E-state index is -0.109. The van der Waals surface area contributed by atoms with E-state index in [1.807, 2.05) is 38.1 Å². The second-order valence-electron chi connectivity index (χ2n) is 4.82. The van der Waals surface area contributed by atoms with Gasteiger partial charge >= 0.3 is 0 Å². The van der Waals surface area contributed by atoms with Crippen LogP contribution in [0.2, 0.25) is 0 Å². The molecule has 1 unspecified atom stereocenters. The van der Waals surface area contributed by atoms with Crippen LogP contribution in [0.4, 0.5) is 5.69 Å². The molecule has 0 aliphatic rings. The molecular formula is C17H20N2O2. The SMILES string of the molecule is CCOc1ccc(C(=O)NC(C)c2ccc(N)cc2)cc1. The standard InChI is InChI=1S/C17H20N2O2/c1-3-21-16-10-6-14(7-11-16)17(20)19-12(2)13-4-8-15(18)9-5-13/h4-12H,3,18H2,1-2H3,(H,19,20). The lowest BCUT2D eigenvalue weighted by molar-refractivity contribution is 0.0940. The lowest BCUT2D eigenvalue weighted by atomic mass is 10.1. The summed E-state index contributed by atoms with van der Waals surface area (Å²) in [5.74, 6) is 0.656. The maximum atomic E-state index is 12.2. The average Bonchev–Trinajstić information content (AvgIpc) is 2.49. The van der Waals surface area contributed by atoms with E-state index in [2.05, 4.69) is 5.32 Å². The Morgan fingerprint density at radius 3 is 2.33 bits per heavy atom. The topological polar surface area (TPSA) is 64.3 Å². The summed E-state index contributed by atoms with van der Waals surface area (Å²) in [6, 6.07) is 14.5. The summed E-state index contributed by atoms with van der Waals surface area (Å²) in [5, 5.41) is 2.96. The van der Waals surface area contributed by atoms with E-state index < -0.39 is 0 Å². The fraction of sp³-hybridized carbons (Fsp3) is 0.235. The van der Waals surface area contributed by atoms with Crippen molar-refractivity contribution in [2.75, 3.05) is 12.3 Å². The summed E-state index contributed by atoms with van der Waals surface area (Å²) < 4.78 is 5.36. The highest BCUT2D eigenvalue weighted by molar-refractivity contribution is 5.94. The zero-order valence-electron chi connectivity index (χ0n) is 12.3. The fourth-order valence-electron chi connectivity index (χ4n) is 2.02. The first kappa shape index (κ1) is 14.9. The van der Waals surface area contributed by atoms with E-state index >= 15 is 0 Å². The number of carbonyl (C=O) groups excluding carboxylic acids is 1. The third kappa shape index (κ3) is 3.99. The quantitative estimate of drug-likeness (QED) is 0.829. The third-order valence-electron chi connectivity index (χ3n) is 3.21.